The number of carboxylic acids is 1. The van der Waals surface area contributed by atoms with Crippen molar-refractivity contribution in [3.63, 3.8) is 0 Å². The summed E-state index contributed by atoms with van der Waals surface area (Å²) in [6.45, 7) is 0.0863. The Labute approximate surface area is 149 Å². The third-order valence-electron chi connectivity index (χ3n) is 3.56. The number of hydrogen-bond acceptors (Lipinski definition) is 5. The molecule has 0 atom stereocenters. The molecular formula is C19H17FN4O2. The van der Waals surface area contributed by atoms with Crippen LogP contribution < -0.4 is 10.6 Å². The van der Waals surface area contributed by atoms with Gasteiger partial charge in [-0.2, -0.15) is 4.98 Å². The third-order valence-corrected chi connectivity index (χ3v) is 3.56. The highest BCUT2D eigenvalue weighted by Crippen LogP contribution is 2.21. The van der Waals surface area contributed by atoms with Crippen molar-refractivity contribution >= 4 is 17.7 Å². The van der Waals surface area contributed by atoms with Gasteiger partial charge in [0.15, 0.2) is 0 Å². The maximum atomic E-state index is 13.3. The molecule has 0 aliphatic heterocycles. The molecule has 0 bridgehead atoms. The van der Waals surface area contributed by atoms with Crippen LogP contribution >= 0.6 is 0 Å². The van der Waals surface area contributed by atoms with Crippen LogP contribution in [0.3, 0.4) is 0 Å². The molecule has 0 saturated heterocycles. The van der Waals surface area contributed by atoms with Crippen LogP contribution in [0.1, 0.15) is 5.56 Å². The molecule has 2 aromatic carbocycles. The maximum absolute atomic E-state index is 13.3. The van der Waals surface area contributed by atoms with E-state index < -0.39 is 5.97 Å². The molecule has 0 fully saturated rings. The number of aromatic nitrogens is 2. The first-order valence-corrected chi connectivity index (χ1v) is 7.98. The molecule has 0 amide bonds. The maximum Gasteiger partial charge on any atom is 0.322 e. The quantitative estimate of drug-likeness (QED) is 0.604. The molecule has 3 N–H and O–H groups in total. The van der Waals surface area contributed by atoms with Crippen LogP contribution in [0.4, 0.5) is 16.2 Å². The molecule has 1 heterocycles. The summed E-state index contributed by atoms with van der Waals surface area (Å²) in [7, 11) is 0. The summed E-state index contributed by atoms with van der Waals surface area (Å²) in [6, 6.07) is 17.5. The summed E-state index contributed by atoms with van der Waals surface area (Å²) in [4.78, 5) is 19.4. The predicted molar refractivity (Wildman–Crippen MR) is 97.3 cm³/mol. The molecule has 3 rings (SSSR count). The molecule has 0 spiro atoms. The summed E-state index contributed by atoms with van der Waals surface area (Å²) >= 11 is 0. The lowest BCUT2D eigenvalue weighted by molar-refractivity contribution is -0.134. The van der Waals surface area contributed by atoms with Gasteiger partial charge in [-0.1, -0.05) is 42.5 Å². The fraction of sp³-hybridized carbons (Fsp3) is 0.105. The second-order valence-electron chi connectivity index (χ2n) is 5.56. The van der Waals surface area contributed by atoms with E-state index in [1.165, 1.54) is 12.1 Å². The van der Waals surface area contributed by atoms with Crippen LogP contribution in [0.25, 0.3) is 11.3 Å². The number of halogens is 1. The summed E-state index contributed by atoms with van der Waals surface area (Å²) in [5.74, 6) is -0.597. The second kappa shape index (κ2) is 8.06. The Bertz CT molecular complexity index is 903. The number of nitrogens with one attached hydrogen (secondary N) is 2. The molecule has 3 aromatic rings. The van der Waals surface area contributed by atoms with Gasteiger partial charge >= 0.3 is 5.97 Å². The summed E-state index contributed by atoms with van der Waals surface area (Å²) in [6.07, 6.45) is 0. The van der Waals surface area contributed by atoms with Gasteiger partial charge in [0.2, 0.25) is 5.95 Å². The van der Waals surface area contributed by atoms with Gasteiger partial charge in [0.05, 0.1) is 5.69 Å². The Morgan fingerprint density at radius 2 is 1.81 bits per heavy atom. The zero-order valence-corrected chi connectivity index (χ0v) is 13.8. The number of benzene rings is 2. The topological polar surface area (TPSA) is 87.1 Å². The zero-order chi connectivity index (χ0) is 18.4. The second-order valence-corrected chi connectivity index (χ2v) is 5.56. The molecule has 7 heteroatoms. The van der Waals surface area contributed by atoms with Crippen molar-refractivity contribution in [2.45, 2.75) is 6.54 Å². The number of aliphatic carboxylic acids is 1. The van der Waals surface area contributed by atoms with Gasteiger partial charge in [-0.15, -0.1) is 0 Å². The van der Waals surface area contributed by atoms with Crippen LogP contribution in [0.2, 0.25) is 0 Å². The van der Waals surface area contributed by atoms with E-state index in [0.29, 0.717) is 18.1 Å². The standard InChI is InChI=1S/C19H17FN4O2/c20-15-8-4-5-13(9-15)11-21-17-10-16(14-6-2-1-3-7-14)23-19(24-17)22-12-18(25)26/h1-10H,11-12H2,(H,25,26)(H2,21,22,23,24). The minimum Gasteiger partial charge on any atom is -0.480 e. The fourth-order valence-electron chi connectivity index (χ4n) is 2.37. The molecule has 0 aliphatic rings. The third kappa shape index (κ3) is 4.76. The number of carbonyl (C=O) groups is 1. The largest absolute Gasteiger partial charge is 0.480 e. The normalized spacial score (nSPS) is 10.3. The van der Waals surface area contributed by atoms with E-state index in [4.69, 9.17) is 5.11 Å². The van der Waals surface area contributed by atoms with Crippen molar-refractivity contribution in [3.8, 4) is 11.3 Å². The molecule has 0 saturated carbocycles. The molecule has 26 heavy (non-hydrogen) atoms. The lowest BCUT2D eigenvalue weighted by atomic mass is 10.1. The molecule has 0 radical (unpaired) electrons. The van der Waals surface area contributed by atoms with Gasteiger partial charge in [-0.05, 0) is 17.7 Å². The number of hydrogen-bond donors (Lipinski definition) is 3. The Hall–Kier alpha value is -3.48. The van der Waals surface area contributed by atoms with Gasteiger partial charge in [0.25, 0.3) is 0 Å². The summed E-state index contributed by atoms with van der Waals surface area (Å²) in [5.41, 5.74) is 2.29. The Balaban J connectivity index is 1.85. The van der Waals surface area contributed by atoms with Crippen molar-refractivity contribution in [1.82, 2.24) is 9.97 Å². The molecule has 0 unspecified atom stereocenters. The first kappa shape index (κ1) is 17.3. The predicted octanol–water partition coefficient (Wildman–Crippen LogP) is 3.39. The lowest BCUT2D eigenvalue weighted by Gasteiger charge is -2.11. The lowest BCUT2D eigenvalue weighted by Crippen LogP contribution is -2.15. The van der Waals surface area contributed by atoms with Crippen LogP contribution in [0.15, 0.2) is 60.7 Å². The highest BCUT2D eigenvalue weighted by molar-refractivity contribution is 5.72. The molecule has 6 nitrogen and oxygen atoms in total. The number of nitrogens with zero attached hydrogens (tertiary/aromatic N) is 2. The van der Waals surface area contributed by atoms with E-state index in [2.05, 4.69) is 20.6 Å². The van der Waals surface area contributed by atoms with Gasteiger partial charge in [-0.3, -0.25) is 4.79 Å². The summed E-state index contributed by atoms with van der Waals surface area (Å²) < 4.78 is 13.3. The van der Waals surface area contributed by atoms with E-state index in [-0.39, 0.29) is 18.3 Å². The van der Waals surface area contributed by atoms with Crippen LogP contribution in [-0.4, -0.2) is 27.6 Å². The number of anilines is 2. The fourth-order valence-corrected chi connectivity index (χ4v) is 2.37. The average molecular weight is 352 g/mol. The van der Waals surface area contributed by atoms with Gasteiger partial charge in [-0.25, -0.2) is 9.37 Å². The zero-order valence-electron chi connectivity index (χ0n) is 13.8. The van der Waals surface area contributed by atoms with Crippen molar-refractivity contribution in [1.29, 1.82) is 0 Å². The monoisotopic (exact) mass is 352 g/mol. The number of carboxylic acid groups (broad SMARTS) is 1. The van der Waals surface area contributed by atoms with Crippen molar-refractivity contribution < 1.29 is 14.3 Å². The van der Waals surface area contributed by atoms with Crippen LogP contribution in [0, 0.1) is 5.82 Å². The molecular weight excluding hydrogens is 335 g/mol. The van der Waals surface area contributed by atoms with E-state index in [1.807, 2.05) is 30.3 Å². The highest BCUT2D eigenvalue weighted by atomic mass is 19.1. The Morgan fingerprint density at radius 3 is 2.54 bits per heavy atom. The summed E-state index contributed by atoms with van der Waals surface area (Å²) in [5, 5.41) is 14.6. The number of rotatable bonds is 7. The van der Waals surface area contributed by atoms with E-state index >= 15 is 0 Å². The van der Waals surface area contributed by atoms with Crippen LogP contribution in [-0.2, 0) is 11.3 Å². The van der Waals surface area contributed by atoms with Crippen molar-refractivity contribution in [2.24, 2.45) is 0 Å². The van der Waals surface area contributed by atoms with Gasteiger partial charge in [0.1, 0.15) is 18.2 Å². The van der Waals surface area contributed by atoms with Crippen molar-refractivity contribution in [3.05, 3.63) is 72.0 Å². The average Bonchev–Trinajstić information content (AvgIpc) is 2.65. The van der Waals surface area contributed by atoms with E-state index in [1.54, 1.807) is 18.2 Å². The Kier molecular flexibility index (Phi) is 5.38. The minimum atomic E-state index is -1.01. The minimum absolute atomic E-state index is 0.204. The SMILES string of the molecule is O=C(O)CNc1nc(NCc2cccc(F)c2)cc(-c2ccccc2)n1. The Morgan fingerprint density at radius 1 is 1.00 bits per heavy atom. The van der Waals surface area contributed by atoms with Gasteiger partial charge in [0, 0.05) is 18.2 Å². The first-order chi connectivity index (χ1) is 12.6. The molecule has 1 aromatic heterocycles. The first-order valence-electron chi connectivity index (χ1n) is 7.98. The highest BCUT2D eigenvalue weighted by Gasteiger charge is 2.08. The molecule has 132 valence electrons. The van der Waals surface area contributed by atoms with E-state index in [0.717, 1.165) is 11.1 Å². The molecule has 0 aliphatic carbocycles. The van der Waals surface area contributed by atoms with Crippen LogP contribution in [0.5, 0.6) is 0 Å². The van der Waals surface area contributed by atoms with Gasteiger partial charge < -0.3 is 15.7 Å². The van der Waals surface area contributed by atoms with E-state index in [9.17, 15) is 9.18 Å². The smallest absolute Gasteiger partial charge is 0.322 e. The van der Waals surface area contributed by atoms with Crippen molar-refractivity contribution in [2.75, 3.05) is 17.2 Å².